The maximum absolute atomic E-state index is 10.6. The van der Waals surface area contributed by atoms with Crippen LogP contribution in [-0.4, -0.2) is 17.0 Å². The Balaban J connectivity index is 1.92. The van der Waals surface area contributed by atoms with E-state index in [4.69, 9.17) is 10.5 Å². The number of rotatable bonds is 4. The molecule has 0 spiro atoms. The highest BCUT2D eigenvalue weighted by molar-refractivity contribution is 5.90. The van der Waals surface area contributed by atoms with Gasteiger partial charge in [0.15, 0.2) is 0 Å². The topological polar surface area (TPSA) is 65.2 Å². The van der Waals surface area contributed by atoms with E-state index in [1.165, 1.54) is 25.3 Å². The minimum atomic E-state index is -0.461. The molecule has 1 amide bonds. The fourth-order valence-corrected chi connectivity index (χ4v) is 2.09. The summed E-state index contributed by atoms with van der Waals surface area (Å²) in [6.45, 7) is 0. The monoisotopic (exact) mass is 246 g/mol. The van der Waals surface area contributed by atoms with E-state index in [1.54, 1.807) is 12.3 Å². The molecule has 4 heteroatoms. The molecule has 4 nitrogen and oxygen atoms in total. The van der Waals surface area contributed by atoms with Gasteiger partial charge < -0.3 is 10.5 Å². The number of ether oxygens (including phenoxy) is 1. The van der Waals surface area contributed by atoms with Crippen LogP contribution in [0.4, 0.5) is 0 Å². The van der Waals surface area contributed by atoms with Gasteiger partial charge in [0.05, 0.1) is 0 Å². The van der Waals surface area contributed by atoms with Gasteiger partial charge in [-0.2, -0.15) is 0 Å². The predicted molar refractivity (Wildman–Crippen MR) is 70.0 cm³/mol. The Morgan fingerprint density at radius 1 is 1.33 bits per heavy atom. The van der Waals surface area contributed by atoms with E-state index in [0.29, 0.717) is 12.0 Å². The summed E-state index contributed by atoms with van der Waals surface area (Å²) in [5.74, 6) is 0.190. The molecule has 1 aliphatic rings. The minimum absolute atomic E-state index is 0.304. The zero-order valence-electron chi connectivity index (χ0n) is 10.3. The van der Waals surface area contributed by atoms with Gasteiger partial charge in [-0.25, -0.2) is 4.98 Å². The highest BCUT2D eigenvalue weighted by Crippen LogP contribution is 2.22. The SMILES string of the molecule is NC(=O)/C=C\c1ccc(OC2CCCCC2)nc1. The van der Waals surface area contributed by atoms with Gasteiger partial charge in [-0.1, -0.05) is 6.42 Å². The summed E-state index contributed by atoms with van der Waals surface area (Å²) < 4.78 is 5.81. The quantitative estimate of drug-likeness (QED) is 0.829. The third-order valence-electron chi connectivity index (χ3n) is 3.04. The number of hydrogen-bond donors (Lipinski definition) is 1. The lowest BCUT2D eigenvalue weighted by Crippen LogP contribution is -2.20. The van der Waals surface area contributed by atoms with Crippen LogP contribution in [0, 0.1) is 0 Å². The van der Waals surface area contributed by atoms with Crippen molar-refractivity contribution in [3.05, 3.63) is 30.0 Å². The van der Waals surface area contributed by atoms with E-state index in [-0.39, 0.29) is 0 Å². The van der Waals surface area contributed by atoms with Crippen molar-refractivity contribution in [2.75, 3.05) is 0 Å². The molecule has 1 saturated carbocycles. The second kappa shape index (κ2) is 6.19. The highest BCUT2D eigenvalue weighted by atomic mass is 16.5. The number of nitrogens with two attached hydrogens (primary N) is 1. The number of primary amides is 1. The largest absolute Gasteiger partial charge is 0.474 e. The van der Waals surface area contributed by atoms with Crippen LogP contribution in [0.1, 0.15) is 37.7 Å². The lowest BCUT2D eigenvalue weighted by Gasteiger charge is -2.22. The van der Waals surface area contributed by atoms with E-state index in [0.717, 1.165) is 18.4 Å². The molecule has 0 saturated heterocycles. The fraction of sp³-hybridized carbons (Fsp3) is 0.429. The molecule has 1 aromatic rings. The van der Waals surface area contributed by atoms with E-state index >= 15 is 0 Å². The molecule has 1 aliphatic carbocycles. The van der Waals surface area contributed by atoms with Crippen molar-refractivity contribution in [2.45, 2.75) is 38.2 Å². The van der Waals surface area contributed by atoms with Crippen LogP contribution in [-0.2, 0) is 4.79 Å². The molecule has 96 valence electrons. The standard InChI is InChI=1S/C14H18N2O2/c15-13(17)8-6-11-7-9-14(16-10-11)18-12-4-2-1-3-5-12/h6-10,12H,1-5H2,(H2,15,17)/b8-6-. The summed E-state index contributed by atoms with van der Waals surface area (Å²) in [6, 6.07) is 3.69. The summed E-state index contributed by atoms with van der Waals surface area (Å²) >= 11 is 0. The third-order valence-corrected chi connectivity index (χ3v) is 3.04. The van der Waals surface area contributed by atoms with Crippen molar-refractivity contribution in [3.63, 3.8) is 0 Å². The molecular formula is C14H18N2O2. The zero-order chi connectivity index (χ0) is 12.8. The number of nitrogens with zero attached hydrogens (tertiary/aromatic N) is 1. The minimum Gasteiger partial charge on any atom is -0.474 e. The van der Waals surface area contributed by atoms with Crippen molar-refractivity contribution in [1.82, 2.24) is 4.98 Å². The molecule has 0 bridgehead atoms. The Hall–Kier alpha value is -1.84. The Morgan fingerprint density at radius 2 is 2.11 bits per heavy atom. The Morgan fingerprint density at radius 3 is 2.72 bits per heavy atom. The molecule has 1 fully saturated rings. The number of aromatic nitrogens is 1. The number of carbonyl (C=O) groups excluding carboxylic acids is 1. The smallest absolute Gasteiger partial charge is 0.241 e. The average molecular weight is 246 g/mol. The lowest BCUT2D eigenvalue weighted by molar-refractivity contribution is -0.113. The van der Waals surface area contributed by atoms with Crippen molar-refractivity contribution < 1.29 is 9.53 Å². The first-order valence-corrected chi connectivity index (χ1v) is 6.34. The summed E-state index contributed by atoms with van der Waals surface area (Å²) in [6.07, 6.45) is 11.0. The van der Waals surface area contributed by atoms with Gasteiger partial charge in [-0.05, 0) is 43.4 Å². The first-order chi connectivity index (χ1) is 8.74. The second-order valence-electron chi connectivity index (χ2n) is 4.54. The van der Waals surface area contributed by atoms with Crippen LogP contribution in [0.2, 0.25) is 0 Å². The first kappa shape index (κ1) is 12.6. The summed E-state index contributed by atoms with van der Waals surface area (Å²) in [7, 11) is 0. The van der Waals surface area contributed by atoms with Gasteiger partial charge in [0.25, 0.3) is 0 Å². The van der Waals surface area contributed by atoms with Crippen molar-refractivity contribution in [3.8, 4) is 5.88 Å². The van der Waals surface area contributed by atoms with Crippen molar-refractivity contribution >= 4 is 12.0 Å². The summed E-state index contributed by atoms with van der Waals surface area (Å²) in [4.78, 5) is 14.8. The van der Waals surface area contributed by atoms with E-state index in [2.05, 4.69) is 4.98 Å². The predicted octanol–water partition coefficient (Wildman–Crippen LogP) is 2.29. The van der Waals surface area contributed by atoms with E-state index in [1.807, 2.05) is 12.1 Å². The molecule has 1 aromatic heterocycles. The van der Waals surface area contributed by atoms with Gasteiger partial charge in [0, 0.05) is 18.3 Å². The molecule has 1 heterocycles. The summed E-state index contributed by atoms with van der Waals surface area (Å²) in [5, 5.41) is 0. The molecule has 18 heavy (non-hydrogen) atoms. The Bertz CT molecular complexity index is 420. The molecular weight excluding hydrogens is 228 g/mol. The van der Waals surface area contributed by atoms with Crippen molar-refractivity contribution in [1.29, 1.82) is 0 Å². The van der Waals surface area contributed by atoms with Crippen LogP contribution >= 0.6 is 0 Å². The number of hydrogen-bond acceptors (Lipinski definition) is 3. The second-order valence-corrected chi connectivity index (χ2v) is 4.54. The van der Waals surface area contributed by atoms with Gasteiger partial charge in [-0.3, -0.25) is 4.79 Å². The number of carbonyl (C=O) groups is 1. The van der Waals surface area contributed by atoms with E-state index < -0.39 is 5.91 Å². The summed E-state index contributed by atoms with van der Waals surface area (Å²) in [5.41, 5.74) is 5.86. The molecule has 0 aliphatic heterocycles. The molecule has 0 aromatic carbocycles. The lowest BCUT2D eigenvalue weighted by atomic mass is 9.98. The van der Waals surface area contributed by atoms with Gasteiger partial charge in [-0.15, -0.1) is 0 Å². The van der Waals surface area contributed by atoms with Crippen molar-refractivity contribution in [2.24, 2.45) is 5.73 Å². The normalized spacial score (nSPS) is 16.9. The molecule has 0 atom stereocenters. The maximum Gasteiger partial charge on any atom is 0.241 e. The van der Waals surface area contributed by atoms with Crippen LogP contribution in [0.15, 0.2) is 24.4 Å². The average Bonchev–Trinajstić information content (AvgIpc) is 2.39. The zero-order valence-corrected chi connectivity index (χ0v) is 10.3. The Labute approximate surface area is 107 Å². The van der Waals surface area contributed by atoms with E-state index in [9.17, 15) is 4.79 Å². The molecule has 0 unspecified atom stereocenters. The van der Waals surface area contributed by atoms with Crippen LogP contribution in [0.5, 0.6) is 5.88 Å². The number of amides is 1. The van der Waals surface area contributed by atoms with Gasteiger partial charge in [0.1, 0.15) is 6.10 Å². The maximum atomic E-state index is 10.6. The molecule has 2 N–H and O–H groups in total. The molecule has 2 rings (SSSR count). The first-order valence-electron chi connectivity index (χ1n) is 6.34. The Kier molecular flexibility index (Phi) is 4.34. The molecule has 0 radical (unpaired) electrons. The third kappa shape index (κ3) is 3.87. The highest BCUT2D eigenvalue weighted by Gasteiger charge is 2.14. The van der Waals surface area contributed by atoms with Crippen LogP contribution in [0.3, 0.4) is 0 Å². The van der Waals surface area contributed by atoms with Gasteiger partial charge >= 0.3 is 0 Å². The fourth-order valence-electron chi connectivity index (χ4n) is 2.09. The van der Waals surface area contributed by atoms with Crippen LogP contribution in [0.25, 0.3) is 6.08 Å². The van der Waals surface area contributed by atoms with Crippen LogP contribution < -0.4 is 10.5 Å². The van der Waals surface area contributed by atoms with Gasteiger partial charge in [0.2, 0.25) is 11.8 Å². The number of pyridine rings is 1.